The first-order valence-corrected chi connectivity index (χ1v) is 6.00. The number of hydrogen-bond acceptors (Lipinski definition) is 2. The summed E-state index contributed by atoms with van der Waals surface area (Å²) in [6, 6.07) is 0.427. The van der Waals surface area contributed by atoms with Gasteiger partial charge in [-0.05, 0) is 12.8 Å². The van der Waals surface area contributed by atoms with Crippen molar-refractivity contribution >= 4 is 16.9 Å². The lowest BCUT2D eigenvalue weighted by atomic mass is 10.3. The minimum Gasteiger partial charge on any atom is -0.361 e. The normalized spacial score (nSPS) is 24.5. The van der Waals surface area contributed by atoms with Gasteiger partial charge in [0.1, 0.15) is 0 Å². The van der Waals surface area contributed by atoms with Gasteiger partial charge in [-0.25, -0.2) is 0 Å². The summed E-state index contributed by atoms with van der Waals surface area (Å²) in [5.74, 6) is 0.967. The maximum atomic E-state index is 11.8. The van der Waals surface area contributed by atoms with Crippen molar-refractivity contribution in [3.63, 3.8) is 0 Å². The van der Waals surface area contributed by atoms with Crippen LogP contribution in [-0.2, 0) is 0 Å². The molecular formula is C9H15F3N2S. The molecule has 2 nitrogen and oxygen atoms in total. The molecule has 0 spiro atoms. The van der Waals surface area contributed by atoms with E-state index in [0.717, 1.165) is 17.3 Å². The van der Waals surface area contributed by atoms with E-state index in [1.54, 1.807) is 11.8 Å². The third-order valence-corrected chi connectivity index (χ3v) is 3.20. The molecular weight excluding hydrogens is 225 g/mol. The zero-order valence-electron chi connectivity index (χ0n) is 8.60. The highest BCUT2D eigenvalue weighted by atomic mass is 32.2. The lowest BCUT2D eigenvalue weighted by Crippen LogP contribution is -2.25. The van der Waals surface area contributed by atoms with Crippen LogP contribution in [0.1, 0.15) is 26.2 Å². The summed E-state index contributed by atoms with van der Waals surface area (Å²) in [5.41, 5.74) is 0. The van der Waals surface area contributed by atoms with Gasteiger partial charge in [-0.15, -0.1) is 0 Å². The fourth-order valence-corrected chi connectivity index (χ4v) is 2.32. The first-order chi connectivity index (χ1) is 7.01. The Morgan fingerprint density at radius 1 is 1.53 bits per heavy atom. The summed E-state index contributed by atoms with van der Waals surface area (Å²) in [4.78, 5) is 4.09. The quantitative estimate of drug-likeness (QED) is 0.764. The van der Waals surface area contributed by atoms with Crippen molar-refractivity contribution < 1.29 is 13.2 Å². The van der Waals surface area contributed by atoms with Crippen LogP contribution in [0.25, 0.3) is 0 Å². The van der Waals surface area contributed by atoms with Gasteiger partial charge in [0.2, 0.25) is 0 Å². The molecule has 0 aromatic rings. The Hall–Kier alpha value is -0.390. The molecule has 1 saturated heterocycles. The zero-order chi connectivity index (χ0) is 11.3. The van der Waals surface area contributed by atoms with Crippen LogP contribution in [-0.4, -0.2) is 29.7 Å². The van der Waals surface area contributed by atoms with Crippen LogP contribution in [0.5, 0.6) is 0 Å². The SMILES string of the molecule is CCC1CSC(=NCCCC(F)(F)F)N1. The number of hydrogen-bond donors (Lipinski definition) is 1. The van der Waals surface area contributed by atoms with E-state index < -0.39 is 12.6 Å². The molecule has 1 N–H and O–H groups in total. The summed E-state index contributed by atoms with van der Waals surface area (Å²) in [6.07, 6.45) is -3.70. The molecule has 1 atom stereocenters. The fourth-order valence-electron chi connectivity index (χ4n) is 1.21. The molecule has 1 aliphatic rings. The van der Waals surface area contributed by atoms with Crippen LogP contribution >= 0.6 is 11.8 Å². The summed E-state index contributed by atoms with van der Waals surface area (Å²) in [5, 5.41) is 3.97. The predicted molar refractivity (Wildman–Crippen MR) is 57.3 cm³/mol. The molecule has 1 aliphatic heterocycles. The van der Waals surface area contributed by atoms with Crippen molar-refractivity contribution in [2.45, 2.75) is 38.4 Å². The molecule has 1 fully saturated rings. The smallest absolute Gasteiger partial charge is 0.361 e. The second-order valence-corrected chi connectivity index (χ2v) is 4.47. The molecule has 0 aliphatic carbocycles. The predicted octanol–water partition coefficient (Wildman–Crippen LogP) is 2.80. The molecule has 1 unspecified atom stereocenters. The first kappa shape index (κ1) is 12.7. The molecule has 0 saturated carbocycles. The second-order valence-electron chi connectivity index (χ2n) is 3.47. The van der Waals surface area contributed by atoms with Crippen molar-refractivity contribution in [2.24, 2.45) is 4.99 Å². The molecule has 6 heteroatoms. The van der Waals surface area contributed by atoms with Gasteiger partial charge in [-0.3, -0.25) is 4.99 Å². The number of alkyl halides is 3. The van der Waals surface area contributed by atoms with Crippen LogP contribution in [0.4, 0.5) is 13.2 Å². The molecule has 0 amide bonds. The first-order valence-electron chi connectivity index (χ1n) is 5.02. The molecule has 0 aromatic carbocycles. The third kappa shape index (κ3) is 5.30. The number of thioether (sulfide) groups is 1. The molecule has 88 valence electrons. The number of rotatable bonds is 4. The van der Waals surface area contributed by atoms with E-state index in [-0.39, 0.29) is 13.0 Å². The number of nitrogens with one attached hydrogen (secondary N) is 1. The van der Waals surface area contributed by atoms with Crippen molar-refractivity contribution in [3.05, 3.63) is 0 Å². The largest absolute Gasteiger partial charge is 0.389 e. The van der Waals surface area contributed by atoms with Gasteiger partial charge < -0.3 is 5.32 Å². The van der Waals surface area contributed by atoms with Crippen LogP contribution < -0.4 is 5.32 Å². The van der Waals surface area contributed by atoms with Crippen LogP contribution in [0, 0.1) is 0 Å². The Kier molecular flexibility index (Phi) is 4.76. The molecule has 0 aromatic heterocycles. The molecule has 0 radical (unpaired) electrons. The third-order valence-electron chi connectivity index (χ3n) is 2.12. The average molecular weight is 240 g/mol. The Morgan fingerprint density at radius 2 is 2.27 bits per heavy atom. The van der Waals surface area contributed by atoms with E-state index in [0.29, 0.717) is 6.04 Å². The molecule has 15 heavy (non-hydrogen) atoms. The highest BCUT2D eigenvalue weighted by molar-refractivity contribution is 8.14. The van der Waals surface area contributed by atoms with Gasteiger partial charge in [-0.2, -0.15) is 13.2 Å². The summed E-state index contributed by atoms with van der Waals surface area (Å²) in [6.45, 7) is 2.33. The molecule has 0 bridgehead atoms. The number of nitrogens with zero attached hydrogens (tertiary/aromatic N) is 1. The zero-order valence-corrected chi connectivity index (χ0v) is 9.42. The molecule has 1 rings (SSSR count). The Labute approximate surface area is 91.7 Å². The highest BCUT2D eigenvalue weighted by Gasteiger charge is 2.26. The Bertz CT molecular complexity index is 228. The van der Waals surface area contributed by atoms with E-state index in [2.05, 4.69) is 17.2 Å². The monoisotopic (exact) mass is 240 g/mol. The van der Waals surface area contributed by atoms with E-state index in [9.17, 15) is 13.2 Å². The summed E-state index contributed by atoms with van der Waals surface area (Å²) >= 11 is 1.59. The van der Waals surface area contributed by atoms with Gasteiger partial charge in [0.25, 0.3) is 0 Å². The van der Waals surface area contributed by atoms with Gasteiger partial charge in [0.05, 0.1) is 0 Å². The second kappa shape index (κ2) is 5.63. The van der Waals surface area contributed by atoms with Gasteiger partial charge in [-0.1, -0.05) is 18.7 Å². The highest BCUT2D eigenvalue weighted by Crippen LogP contribution is 2.21. The maximum absolute atomic E-state index is 11.8. The van der Waals surface area contributed by atoms with E-state index in [4.69, 9.17) is 0 Å². The fraction of sp³-hybridized carbons (Fsp3) is 0.889. The van der Waals surface area contributed by atoms with E-state index >= 15 is 0 Å². The van der Waals surface area contributed by atoms with Gasteiger partial charge in [0, 0.05) is 24.8 Å². The van der Waals surface area contributed by atoms with Crippen molar-refractivity contribution in [3.8, 4) is 0 Å². The number of amidine groups is 1. The summed E-state index contributed by atoms with van der Waals surface area (Å²) < 4.78 is 35.4. The van der Waals surface area contributed by atoms with Crippen LogP contribution in [0.2, 0.25) is 0 Å². The summed E-state index contributed by atoms with van der Waals surface area (Å²) in [7, 11) is 0. The van der Waals surface area contributed by atoms with Crippen LogP contribution in [0.3, 0.4) is 0 Å². The minimum atomic E-state index is -4.05. The van der Waals surface area contributed by atoms with Gasteiger partial charge >= 0.3 is 6.18 Å². The van der Waals surface area contributed by atoms with Crippen LogP contribution in [0.15, 0.2) is 4.99 Å². The number of halogens is 3. The Balaban J connectivity index is 2.17. The van der Waals surface area contributed by atoms with Crippen molar-refractivity contribution in [1.82, 2.24) is 5.32 Å². The van der Waals surface area contributed by atoms with E-state index in [1.807, 2.05) is 0 Å². The average Bonchev–Trinajstić information content (AvgIpc) is 2.59. The topological polar surface area (TPSA) is 24.4 Å². The Morgan fingerprint density at radius 3 is 2.80 bits per heavy atom. The van der Waals surface area contributed by atoms with E-state index in [1.165, 1.54) is 0 Å². The lowest BCUT2D eigenvalue weighted by molar-refractivity contribution is -0.134. The number of aliphatic imine (C=N–C) groups is 1. The van der Waals surface area contributed by atoms with Gasteiger partial charge in [0.15, 0.2) is 5.17 Å². The standard InChI is InChI=1S/C9H15F3N2S/c1-2-7-6-15-8(14-7)13-5-3-4-9(10,11)12/h7H,2-6H2,1H3,(H,13,14). The molecule has 1 heterocycles. The van der Waals surface area contributed by atoms with Crippen molar-refractivity contribution in [1.29, 1.82) is 0 Å². The lowest BCUT2D eigenvalue weighted by Gasteiger charge is -2.05. The minimum absolute atomic E-state index is 0.0754. The van der Waals surface area contributed by atoms with Crippen molar-refractivity contribution in [2.75, 3.05) is 12.3 Å². The maximum Gasteiger partial charge on any atom is 0.389 e.